The van der Waals surface area contributed by atoms with Crippen LogP contribution in [0.1, 0.15) is 0 Å². The fourth-order valence-corrected chi connectivity index (χ4v) is 17.6. The zero-order valence-corrected chi connectivity index (χ0v) is 69.4. The van der Waals surface area contributed by atoms with Crippen LogP contribution in [0.25, 0.3) is 245 Å². The molecule has 12 nitrogen and oxygen atoms in total. The van der Waals surface area contributed by atoms with Crippen molar-refractivity contribution < 1.29 is 13.3 Å². The van der Waals surface area contributed by atoms with Gasteiger partial charge in [-0.25, -0.2) is 44.9 Å². The van der Waals surface area contributed by atoms with Crippen molar-refractivity contribution in [1.29, 1.82) is 0 Å². The van der Waals surface area contributed by atoms with Crippen molar-refractivity contribution in [3.63, 3.8) is 0 Å². The fourth-order valence-electron chi connectivity index (χ4n) is 17.6. The van der Waals surface area contributed by atoms with Gasteiger partial charge >= 0.3 is 0 Å². The van der Waals surface area contributed by atoms with Crippen LogP contribution in [0.2, 0.25) is 0 Å². The van der Waals surface area contributed by atoms with E-state index in [4.69, 9.17) is 58.1 Å². The molecule has 0 bridgehead atoms. The van der Waals surface area contributed by atoms with E-state index in [1.807, 2.05) is 212 Å². The topological polar surface area (TPSA) is 155 Å². The van der Waals surface area contributed by atoms with Crippen LogP contribution < -0.4 is 0 Å². The van der Waals surface area contributed by atoms with Crippen LogP contribution in [0, 0.1) is 0 Å². The van der Waals surface area contributed by atoms with Gasteiger partial charge in [-0.2, -0.15) is 0 Å². The Labute approximate surface area is 741 Å². The lowest BCUT2D eigenvalue weighted by Crippen LogP contribution is -2.00. The summed E-state index contributed by atoms with van der Waals surface area (Å²) in [6.07, 6.45) is 0. The molecule has 129 heavy (non-hydrogen) atoms. The normalized spacial score (nSPS) is 11.4. The Balaban J connectivity index is 0.000000111. The van der Waals surface area contributed by atoms with Gasteiger partial charge in [-0.1, -0.05) is 388 Å². The summed E-state index contributed by atoms with van der Waals surface area (Å²) in [6, 6.07) is 151. The van der Waals surface area contributed by atoms with Crippen LogP contribution in [0.3, 0.4) is 0 Å². The molecule has 19 aromatic carbocycles. The van der Waals surface area contributed by atoms with Gasteiger partial charge < -0.3 is 13.3 Å². The summed E-state index contributed by atoms with van der Waals surface area (Å²) >= 11 is 0. The smallest absolute Gasteiger partial charge is 0.164 e. The molecule has 25 aromatic rings. The lowest BCUT2D eigenvalue weighted by molar-refractivity contribution is 0.668. The molecule has 25 rings (SSSR count). The third-order valence-electron chi connectivity index (χ3n) is 23.8. The van der Waals surface area contributed by atoms with Crippen molar-refractivity contribution in [1.82, 2.24) is 44.9 Å². The zero-order valence-electron chi connectivity index (χ0n) is 69.4. The maximum Gasteiger partial charge on any atom is 0.164 e. The first-order valence-electron chi connectivity index (χ1n) is 42.9. The average Bonchev–Trinajstić information content (AvgIpc) is 1.72. The van der Waals surface area contributed by atoms with Crippen LogP contribution in [0.5, 0.6) is 0 Å². The Hall–Kier alpha value is -17.6. The molecule has 0 saturated carbocycles. The van der Waals surface area contributed by atoms with E-state index in [-0.39, 0.29) is 0 Å². The van der Waals surface area contributed by atoms with Crippen LogP contribution in [-0.2, 0) is 0 Å². The summed E-state index contributed by atoms with van der Waals surface area (Å²) in [5, 5.41) is 13.4. The monoisotopic (exact) mass is 1650 g/mol. The van der Waals surface area contributed by atoms with E-state index >= 15 is 0 Å². The molecule has 0 atom stereocenters. The first-order chi connectivity index (χ1) is 63.9. The third kappa shape index (κ3) is 14.8. The molecule has 0 aliphatic carbocycles. The quantitative estimate of drug-likeness (QED) is 0.108. The summed E-state index contributed by atoms with van der Waals surface area (Å²) in [7, 11) is 0. The second-order valence-corrected chi connectivity index (χ2v) is 31.7. The first-order valence-corrected chi connectivity index (χ1v) is 42.9. The SMILES string of the molecule is c1ccc(-c2ccc(-c3nc(-c4ccccc4)nc(-c4cccc5cc(-c6cccc7oc8ccccc8c67)ccc45)n3)cc2)cc1.c1ccc(-c2nc(-c3ccccc3)nc(-c3cccc4cc(-c5cccc6oc7ccccc7c56)ccc34)n2)cc1.c1ccc(-c2nc(-c3ccccc3)nc(-c3cccc4ccc(-c5cccc6oc7ccccc7c56)cc34)n2)cc1. The van der Waals surface area contributed by atoms with Gasteiger partial charge in [0.2, 0.25) is 0 Å². The number of fused-ring (bicyclic) bond motifs is 12. The number of benzene rings is 19. The molecule has 0 aliphatic heterocycles. The maximum absolute atomic E-state index is 6.18. The molecule has 0 amide bonds. The fraction of sp³-hybridized carbons (Fsp3) is 0. The first kappa shape index (κ1) is 76.3. The number of hydrogen-bond donors (Lipinski definition) is 0. The Bertz CT molecular complexity index is 8430. The van der Waals surface area contributed by atoms with Gasteiger partial charge in [0.25, 0.3) is 0 Å². The summed E-state index contributed by atoms with van der Waals surface area (Å²) in [5.74, 6) is 5.83. The third-order valence-corrected chi connectivity index (χ3v) is 23.8. The Morgan fingerprint density at radius 1 is 0.124 bits per heavy atom. The van der Waals surface area contributed by atoms with E-state index in [9.17, 15) is 0 Å². The second kappa shape index (κ2) is 33.2. The highest BCUT2D eigenvalue weighted by molar-refractivity contribution is 6.16. The molecule has 0 spiro atoms. The van der Waals surface area contributed by atoms with Crippen LogP contribution in [0.4, 0.5) is 0 Å². The highest BCUT2D eigenvalue weighted by Gasteiger charge is 2.23. The summed E-state index contributed by atoms with van der Waals surface area (Å²) in [4.78, 5) is 44.7. The predicted molar refractivity (Wildman–Crippen MR) is 525 cm³/mol. The Morgan fingerprint density at radius 2 is 0.357 bits per heavy atom. The van der Waals surface area contributed by atoms with Gasteiger partial charge in [0.1, 0.15) is 33.5 Å². The number of hydrogen-bond acceptors (Lipinski definition) is 12. The van der Waals surface area contributed by atoms with Crippen molar-refractivity contribution in [2.24, 2.45) is 0 Å². The van der Waals surface area contributed by atoms with Crippen molar-refractivity contribution in [3.05, 3.63) is 443 Å². The van der Waals surface area contributed by atoms with E-state index in [1.165, 1.54) is 5.56 Å². The van der Waals surface area contributed by atoms with Crippen molar-refractivity contribution in [2.75, 3.05) is 0 Å². The molecule has 0 radical (unpaired) electrons. The minimum atomic E-state index is 0.639. The van der Waals surface area contributed by atoms with Crippen LogP contribution in [-0.4, -0.2) is 44.9 Å². The molecule has 0 fully saturated rings. The molecule has 6 aromatic heterocycles. The van der Waals surface area contributed by atoms with Crippen LogP contribution >= 0.6 is 0 Å². The zero-order chi connectivity index (χ0) is 85.5. The minimum Gasteiger partial charge on any atom is -0.456 e. The Morgan fingerprint density at radius 3 is 0.705 bits per heavy atom. The highest BCUT2D eigenvalue weighted by Crippen LogP contribution is 2.44. The summed E-state index contributed by atoms with van der Waals surface area (Å²) < 4.78 is 18.5. The van der Waals surface area contributed by atoms with E-state index in [1.54, 1.807) is 0 Å². The molecule has 0 aliphatic rings. The van der Waals surface area contributed by atoms with Gasteiger partial charge in [0.15, 0.2) is 52.4 Å². The average molecular weight is 1650 g/mol. The lowest BCUT2D eigenvalue weighted by Gasteiger charge is -2.12. The highest BCUT2D eigenvalue weighted by atomic mass is 16.3. The van der Waals surface area contributed by atoms with Gasteiger partial charge in [-0.3, -0.25) is 0 Å². The number of para-hydroxylation sites is 3. The summed E-state index contributed by atoms with van der Waals surface area (Å²) in [5.41, 5.74) is 23.1. The second-order valence-electron chi connectivity index (χ2n) is 31.7. The minimum absolute atomic E-state index is 0.639. The van der Waals surface area contributed by atoms with Gasteiger partial charge in [0.05, 0.1) is 0 Å². The molecule has 604 valence electrons. The van der Waals surface area contributed by atoms with Gasteiger partial charge in [-0.15, -0.1) is 0 Å². The Kier molecular flexibility index (Phi) is 19.6. The molecular formula is C117H73N9O3. The van der Waals surface area contributed by atoms with E-state index in [0.29, 0.717) is 52.4 Å². The van der Waals surface area contributed by atoms with Crippen molar-refractivity contribution in [2.45, 2.75) is 0 Å². The number of aromatic nitrogens is 9. The van der Waals surface area contributed by atoms with E-state index in [2.05, 4.69) is 231 Å². The van der Waals surface area contributed by atoms with Crippen molar-refractivity contribution >= 4 is 98.1 Å². The van der Waals surface area contributed by atoms with Crippen LogP contribution in [0.15, 0.2) is 456 Å². The lowest BCUT2D eigenvalue weighted by atomic mass is 9.95. The largest absolute Gasteiger partial charge is 0.456 e. The van der Waals surface area contributed by atoms with Crippen molar-refractivity contribution in [3.8, 4) is 147 Å². The maximum atomic E-state index is 6.18. The van der Waals surface area contributed by atoms with E-state index in [0.717, 1.165) is 187 Å². The predicted octanol–water partition coefficient (Wildman–Crippen LogP) is 30.4. The molecular weight excluding hydrogens is 1580 g/mol. The molecule has 6 heterocycles. The standard InChI is InChI=1S/C43H27N3O.2C37H23N3O/c1-3-11-28(12-4-1)29-21-23-31(24-22-29)42-44-41(30-13-5-2-6-14-30)45-43(46-42)36-18-9-15-32-27-33(25-26-34(32)36)35-17-10-20-39-40(35)37-16-7-8-19-38(37)47-39;1-3-11-25(12-4-1)35-38-36(26-13-5-2-6-14-26)40-37(39-35)29-18-9-15-24-21-22-27(23-31(24)29)28-17-10-20-33-34(28)30-16-7-8-19-32(30)41-33;1-3-11-24(12-4-1)35-38-36(25-13-5-2-6-14-25)40-37(39-35)30-18-9-15-26-23-27(21-22-28(26)30)29-17-10-20-33-34(29)31-16-7-8-19-32(31)41-33/h1-27H;2*1-23H. The molecule has 0 unspecified atom stereocenters. The van der Waals surface area contributed by atoms with Gasteiger partial charge in [-0.05, 0) is 131 Å². The number of rotatable bonds is 13. The molecule has 0 saturated heterocycles. The molecule has 12 heteroatoms. The molecule has 0 N–H and O–H groups in total. The summed E-state index contributed by atoms with van der Waals surface area (Å²) in [6.45, 7) is 0. The number of nitrogens with zero attached hydrogens (tertiary/aromatic N) is 9. The number of furan rings is 3. The van der Waals surface area contributed by atoms with Gasteiger partial charge in [0, 0.05) is 82.4 Å². The van der Waals surface area contributed by atoms with E-state index < -0.39 is 0 Å².